The molecule has 0 aliphatic rings. The van der Waals surface area contributed by atoms with Crippen LogP contribution in [0.25, 0.3) is 0 Å². The Morgan fingerprint density at radius 2 is 2.06 bits per heavy atom. The van der Waals surface area contributed by atoms with E-state index in [1.165, 1.54) is 0 Å². The largest absolute Gasteiger partial charge is 0.481 e. The normalized spacial score (nSPS) is 13.2. The van der Waals surface area contributed by atoms with Gasteiger partial charge >= 0.3 is 11.9 Å². The smallest absolute Gasteiger partial charge is 0.323 e. The first-order valence-electron chi connectivity index (χ1n) is 5.30. The van der Waals surface area contributed by atoms with Crippen LogP contribution in [-0.4, -0.2) is 61.6 Å². The van der Waals surface area contributed by atoms with Gasteiger partial charge in [-0.3, -0.25) is 14.1 Å². The van der Waals surface area contributed by atoms with Crippen LogP contribution < -0.4 is 5.73 Å². The quantitative estimate of drug-likeness (QED) is 0.352. The van der Waals surface area contributed by atoms with Crippen LogP contribution in [0, 0.1) is 0 Å². The number of aliphatic carboxylic acids is 1. The number of hydrogen-bond acceptors (Lipinski definition) is 4. The summed E-state index contributed by atoms with van der Waals surface area (Å²) in [6.07, 6.45) is -0.141. The summed E-state index contributed by atoms with van der Waals surface area (Å²) in [5.41, 5.74) is 5.43. The zero-order valence-corrected chi connectivity index (χ0v) is 10.2. The van der Waals surface area contributed by atoms with Crippen LogP contribution in [0.1, 0.15) is 12.8 Å². The fraction of sp³-hybridized carbons (Fsp3) is 0.800. The maximum absolute atomic E-state index is 12.4. The Hall–Kier alpha value is -1.21. The van der Waals surface area contributed by atoms with Gasteiger partial charge in [0.2, 0.25) is 6.80 Å². The Morgan fingerprint density at radius 1 is 1.47 bits per heavy atom. The van der Waals surface area contributed by atoms with E-state index >= 15 is 0 Å². The zero-order valence-electron chi connectivity index (χ0n) is 10.2. The molecule has 0 aliphatic carbocycles. The SMILES string of the molecule is C[N+](C)(CF)CCOC(=O)C(N)CCC(=O)O. The van der Waals surface area contributed by atoms with E-state index in [0.29, 0.717) is 6.54 Å². The Kier molecular flexibility index (Phi) is 6.67. The van der Waals surface area contributed by atoms with Crippen LogP contribution in [0.5, 0.6) is 0 Å². The van der Waals surface area contributed by atoms with Crippen molar-refractivity contribution < 1.29 is 28.3 Å². The summed E-state index contributed by atoms with van der Waals surface area (Å²) < 4.78 is 17.3. The molecule has 0 aliphatic heterocycles. The lowest BCUT2D eigenvalue weighted by Crippen LogP contribution is -2.42. The molecule has 0 spiro atoms. The molecule has 1 atom stereocenters. The number of carbonyl (C=O) groups is 2. The maximum Gasteiger partial charge on any atom is 0.323 e. The van der Waals surface area contributed by atoms with Gasteiger partial charge in [0.05, 0.1) is 14.1 Å². The van der Waals surface area contributed by atoms with Crippen molar-refractivity contribution in [2.24, 2.45) is 5.73 Å². The highest BCUT2D eigenvalue weighted by molar-refractivity contribution is 5.76. The molecule has 0 fully saturated rings. The molecule has 0 aromatic heterocycles. The number of carboxylic acids is 1. The molecule has 0 aromatic carbocycles. The van der Waals surface area contributed by atoms with Crippen LogP contribution in [0.4, 0.5) is 4.39 Å². The zero-order chi connectivity index (χ0) is 13.5. The van der Waals surface area contributed by atoms with Crippen molar-refractivity contribution in [2.75, 3.05) is 34.0 Å². The fourth-order valence-electron chi connectivity index (χ4n) is 0.957. The molecule has 17 heavy (non-hydrogen) atoms. The molecule has 0 aromatic rings. The molecule has 3 N–H and O–H groups in total. The van der Waals surface area contributed by atoms with E-state index in [1.807, 2.05) is 0 Å². The lowest BCUT2D eigenvalue weighted by molar-refractivity contribution is -0.902. The van der Waals surface area contributed by atoms with E-state index in [9.17, 15) is 14.0 Å². The number of nitrogens with two attached hydrogens (primary N) is 1. The van der Waals surface area contributed by atoms with Crippen LogP contribution >= 0.6 is 0 Å². The molecular weight excluding hydrogens is 231 g/mol. The van der Waals surface area contributed by atoms with Crippen molar-refractivity contribution >= 4 is 11.9 Å². The standard InChI is InChI=1S/C10H19FN2O4/c1-13(2,7-11)5-6-17-10(16)8(12)3-4-9(14)15/h8H,3-7,12H2,1-2H3/p+1. The number of halogens is 1. The van der Waals surface area contributed by atoms with Gasteiger partial charge in [0, 0.05) is 6.42 Å². The lowest BCUT2D eigenvalue weighted by Gasteiger charge is -2.25. The Balaban J connectivity index is 3.82. The van der Waals surface area contributed by atoms with Crippen molar-refractivity contribution in [3.63, 3.8) is 0 Å². The topological polar surface area (TPSA) is 89.6 Å². The van der Waals surface area contributed by atoms with E-state index in [4.69, 9.17) is 15.6 Å². The average molecular weight is 251 g/mol. The van der Waals surface area contributed by atoms with Gasteiger partial charge in [-0.2, -0.15) is 4.39 Å². The molecule has 0 amide bonds. The van der Waals surface area contributed by atoms with E-state index in [-0.39, 0.29) is 23.9 Å². The number of carboxylic acid groups (broad SMARTS) is 1. The number of hydrogen-bond donors (Lipinski definition) is 2. The maximum atomic E-state index is 12.4. The van der Waals surface area contributed by atoms with Gasteiger partial charge in [-0.05, 0) is 6.42 Å². The molecule has 7 heteroatoms. The number of esters is 1. The molecule has 0 rings (SSSR count). The summed E-state index contributed by atoms with van der Waals surface area (Å²) in [5.74, 6) is -1.66. The summed E-state index contributed by atoms with van der Waals surface area (Å²) in [7, 11) is 3.33. The number of ether oxygens (including phenoxy) is 1. The van der Waals surface area contributed by atoms with Crippen LogP contribution in [0.15, 0.2) is 0 Å². The first-order chi connectivity index (χ1) is 7.78. The fourth-order valence-corrected chi connectivity index (χ4v) is 0.957. The van der Waals surface area contributed by atoms with Crippen molar-refractivity contribution in [3.8, 4) is 0 Å². The molecular formula is C10H20FN2O4+. The highest BCUT2D eigenvalue weighted by atomic mass is 19.1. The lowest BCUT2D eigenvalue weighted by atomic mass is 10.2. The Labute approximate surface area is 99.7 Å². The monoisotopic (exact) mass is 251 g/mol. The van der Waals surface area contributed by atoms with Crippen molar-refractivity contribution in [3.05, 3.63) is 0 Å². The number of carbonyl (C=O) groups excluding carboxylic acids is 1. The van der Waals surface area contributed by atoms with E-state index in [0.717, 1.165) is 0 Å². The summed E-state index contributed by atoms with van der Waals surface area (Å²) >= 11 is 0. The minimum Gasteiger partial charge on any atom is -0.481 e. The second-order valence-corrected chi connectivity index (χ2v) is 4.49. The molecule has 0 heterocycles. The van der Waals surface area contributed by atoms with Gasteiger partial charge < -0.3 is 15.6 Å². The van der Waals surface area contributed by atoms with Crippen molar-refractivity contribution in [2.45, 2.75) is 18.9 Å². The summed E-state index contributed by atoms with van der Waals surface area (Å²) in [6, 6.07) is -0.938. The first kappa shape index (κ1) is 15.8. The van der Waals surface area contributed by atoms with Gasteiger partial charge in [-0.15, -0.1) is 0 Å². The summed E-state index contributed by atoms with van der Waals surface area (Å²) in [5, 5.41) is 8.41. The van der Waals surface area contributed by atoms with Gasteiger partial charge in [-0.25, -0.2) is 0 Å². The van der Waals surface area contributed by atoms with Crippen LogP contribution in [0.3, 0.4) is 0 Å². The van der Waals surface area contributed by atoms with Crippen molar-refractivity contribution in [1.82, 2.24) is 0 Å². The second-order valence-electron chi connectivity index (χ2n) is 4.49. The molecule has 0 saturated heterocycles. The minimum atomic E-state index is -1.01. The van der Waals surface area contributed by atoms with Crippen LogP contribution in [0.2, 0.25) is 0 Å². The van der Waals surface area contributed by atoms with E-state index in [1.54, 1.807) is 14.1 Å². The second kappa shape index (κ2) is 7.18. The highest BCUT2D eigenvalue weighted by Gasteiger charge is 2.19. The minimum absolute atomic E-state index is 0.0372. The predicted octanol–water partition coefficient (Wildman–Crippen LogP) is -0.275. The third kappa shape index (κ3) is 7.64. The number of quaternary nitrogens is 1. The molecule has 100 valence electrons. The molecule has 0 saturated carbocycles. The molecule has 6 nitrogen and oxygen atoms in total. The number of rotatable bonds is 8. The molecule has 0 bridgehead atoms. The predicted molar refractivity (Wildman–Crippen MR) is 58.8 cm³/mol. The number of likely N-dealkylation sites (N-methyl/N-ethyl adjacent to an activating group) is 1. The first-order valence-corrected chi connectivity index (χ1v) is 5.30. The van der Waals surface area contributed by atoms with Gasteiger partial charge in [0.1, 0.15) is 19.2 Å². The van der Waals surface area contributed by atoms with Gasteiger partial charge in [0.15, 0.2) is 0 Å². The third-order valence-corrected chi connectivity index (χ3v) is 2.24. The summed E-state index contributed by atoms with van der Waals surface area (Å²) in [6.45, 7) is -0.146. The summed E-state index contributed by atoms with van der Waals surface area (Å²) in [4.78, 5) is 21.5. The van der Waals surface area contributed by atoms with Gasteiger partial charge in [-0.1, -0.05) is 0 Å². The van der Waals surface area contributed by atoms with Crippen molar-refractivity contribution in [1.29, 1.82) is 0 Å². The molecule has 1 unspecified atom stereocenters. The van der Waals surface area contributed by atoms with E-state index in [2.05, 4.69) is 0 Å². The number of nitrogens with zero attached hydrogens (tertiary/aromatic N) is 1. The van der Waals surface area contributed by atoms with E-state index < -0.39 is 24.8 Å². The Bertz CT molecular complexity index is 271. The average Bonchev–Trinajstić information content (AvgIpc) is 2.25. The Morgan fingerprint density at radius 3 is 2.53 bits per heavy atom. The highest BCUT2D eigenvalue weighted by Crippen LogP contribution is 2.00. The third-order valence-electron chi connectivity index (χ3n) is 2.24. The van der Waals surface area contributed by atoms with Crippen LogP contribution in [-0.2, 0) is 14.3 Å². The number of alkyl halides is 1. The van der Waals surface area contributed by atoms with Gasteiger partial charge in [0.25, 0.3) is 0 Å². The molecule has 0 radical (unpaired) electrons.